The van der Waals surface area contributed by atoms with Crippen LogP contribution < -0.4 is 5.73 Å². The van der Waals surface area contributed by atoms with Gasteiger partial charge in [0.1, 0.15) is 4.21 Å². The molecule has 0 atom stereocenters. The minimum atomic E-state index is -3.41. The maximum atomic E-state index is 12.0. The lowest BCUT2D eigenvalue weighted by Gasteiger charge is -2.15. The van der Waals surface area contributed by atoms with Gasteiger partial charge in [-0.05, 0) is 28.1 Å². The van der Waals surface area contributed by atoms with E-state index >= 15 is 0 Å². The molecule has 0 bridgehead atoms. The molecule has 0 aromatic carbocycles. The Morgan fingerprint density at radius 1 is 1.62 bits per heavy atom. The molecule has 1 aromatic heterocycles. The molecule has 2 N–H and O–H groups in total. The van der Waals surface area contributed by atoms with Gasteiger partial charge < -0.3 is 5.73 Å². The van der Waals surface area contributed by atoms with Gasteiger partial charge in [-0.3, -0.25) is 0 Å². The molecule has 8 heteroatoms. The van der Waals surface area contributed by atoms with Crippen LogP contribution in [0.2, 0.25) is 0 Å². The summed E-state index contributed by atoms with van der Waals surface area (Å²) in [5, 5.41) is 0. The zero-order valence-electron chi connectivity index (χ0n) is 8.51. The van der Waals surface area contributed by atoms with Crippen LogP contribution in [0.15, 0.2) is 20.1 Å². The van der Waals surface area contributed by atoms with Crippen molar-refractivity contribution in [2.75, 3.05) is 13.6 Å². The minimum absolute atomic E-state index is 0.299. The summed E-state index contributed by atoms with van der Waals surface area (Å²) >= 11 is 9.12. The second kappa shape index (κ2) is 5.54. The first-order valence-electron chi connectivity index (χ1n) is 4.34. The fourth-order valence-electron chi connectivity index (χ4n) is 0.978. The Hall–Kier alpha value is -0.0200. The molecule has 0 aliphatic rings. The smallest absolute Gasteiger partial charge is 0.252 e. The maximum absolute atomic E-state index is 12.0. The van der Waals surface area contributed by atoms with Crippen LogP contribution >= 0.6 is 39.5 Å². The predicted molar refractivity (Wildman–Crippen MR) is 73.2 cm³/mol. The van der Waals surface area contributed by atoms with Crippen LogP contribution in [0, 0.1) is 0 Å². The molecule has 0 spiro atoms. The summed E-state index contributed by atoms with van der Waals surface area (Å²) in [4.78, 5) is 0.314. The van der Waals surface area contributed by atoms with Gasteiger partial charge in [-0.1, -0.05) is 12.2 Å². The second-order valence-corrected chi connectivity index (χ2v) is 8.36. The van der Waals surface area contributed by atoms with Gasteiger partial charge >= 0.3 is 0 Å². The third-order valence-corrected chi connectivity index (χ3v) is 6.04. The van der Waals surface area contributed by atoms with Crippen molar-refractivity contribution in [1.82, 2.24) is 4.31 Å². The van der Waals surface area contributed by atoms with E-state index in [-0.39, 0.29) is 0 Å². The first-order chi connectivity index (χ1) is 7.34. The Bertz CT molecular complexity index is 483. The van der Waals surface area contributed by atoms with E-state index in [0.29, 0.717) is 22.2 Å². The van der Waals surface area contributed by atoms with E-state index in [4.69, 9.17) is 18.0 Å². The number of sulfonamides is 1. The van der Waals surface area contributed by atoms with Gasteiger partial charge in [-0.15, -0.1) is 11.3 Å². The molecule has 4 nitrogen and oxygen atoms in total. The molecular formula is C8H11BrN2O2S3. The molecule has 16 heavy (non-hydrogen) atoms. The molecule has 0 unspecified atom stereocenters. The largest absolute Gasteiger partial charge is 0.393 e. The minimum Gasteiger partial charge on any atom is -0.393 e. The highest BCUT2D eigenvalue weighted by Crippen LogP contribution is 2.27. The summed E-state index contributed by atoms with van der Waals surface area (Å²) in [6, 6.07) is 3.28. The number of hydrogen-bond acceptors (Lipinski definition) is 4. The lowest BCUT2D eigenvalue weighted by Crippen LogP contribution is -2.29. The number of thiocarbonyl (C=S) groups is 1. The topological polar surface area (TPSA) is 63.4 Å². The monoisotopic (exact) mass is 342 g/mol. The van der Waals surface area contributed by atoms with E-state index in [1.165, 1.54) is 22.7 Å². The van der Waals surface area contributed by atoms with Crippen molar-refractivity contribution in [1.29, 1.82) is 0 Å². The van der Waals surface area contributed by atoms with Gasteiger partial charge in [0, 0.05) is 20.0 Å². The molecule has 1 rings (SSSR count). The third kappa shape index (κ3) is 3.49. The normalized spacial score (nSPS) is 11.9. The molecule has 0 amide bonds. The van der Waals surface area contributed by atoms with Gasteiger partial charge in [-0.2, -0.15) is 4.31 Å². The van der Waals surface area contributed by atoms with Crippen molar-refractivity contribution < 1.29 is 8.42 Å². The van der Waals surface area contributed by atoms with E-state index in [2.05, 4.69) is 15.9 Å². The number of hydrogen-bond donors (Lipinski definition) is 1. The van der Waals surface area contributed by atoms with Crippen LogP contribution in [0.4, 0.5) is 0 Å². The molecule has 0 saturated heterocycles. The average Bonchev–Trinajstić information content (AvgIpc) is 2.61. The zero-order valence-corrected chi connectivity index (χ0v) is 12.5. The van der Waals surface area contributed by atoms with Crippen LogP contribution in [0.3, 0.4) is 0 Å². The molecule has 0 saturated carbocycles. The first-order valence-corrected chi connectivity index (χ1v) is 7.80. The first kappa shape index (κ1) is 14.0. The Labute approximate surface area is 113 Å². The van der Waals surface area contributed by atoms with Crippen molar-refractivity contribution >= 4 is 54.5 Å². The summed E-state index contributed by atoms with van der Waals surface area (Å²) in [5.41, 5.74) is 5.33. The molecule has 0 aliphatic carbocycles. The fourth-order valence-corrected chi connectivity index (χ4v) is 4.46. The highest BCUT2D eigenvalue weighted by Gasteiger charge is 2.22. The van der Waals surface area contributed by atoms with Crippen molar-refractivity contribution in [2.24, 2.45) is 5.73 Å². The van der Waals surface area contributed by atoms with Gasteiger partial charge in [0.25, 0.3) is 10.0 Å². The fraction of sp³-hybridized carbons (Fsp3) is 0.375. The average molecular weight is 343 g/mol. The van der Waals surface area contributed by atoms with E-state index < -0.39 is 10.0 Å². The van der Waals surface area contributed by atoms with Gasteiger partial charge in [0.05, 0.1) is 8.77 Å². The Morgan fingerprint density at radius 3 is 2.69 bits per heavy atom. The van der Waals surface area contributed by atoms with Crippen molar-refractivity contribution in [2.45, 2.75) is 10.6 Å². The van der Waals surface area contributed by atoms with E-state index in [0.717, 1.165) is 3.79 Å². The second-order valence-electron chi connectivity index (χ2n) is 3.10. The quantitative estimate of drug-likeness (QED) is 0.829. The summed E-state index contributed by atoms with van der Waals surface area (Å²) < 4.78 is 26.3. The molecule has 1 aromatic rings. The molecular weight excluding hydrogens is 332 g/mol. The highest BCUT2D eigenvalue weighted by molar-refractivity contribution is 9.11. The van der Waals surface area contributed by atoms with Gasteiger partial charge in [0.2, 0.25) is 0 Å². The number of nitrogens with two attached hydrogens (primary N) is 1. The van der Waals surface area contributed by atoms with Gasteiger partial charge in [0.15, 0.2) is 0 Å². The van der Waals surface area contributed by atoms with Gasteiger partial charge in [-0.25, -0.2) is 8.42 Å². The summed E-state index contributed by atoms with van der Waals surface area (Å²) in [7, 11) is -1.89. The van der Waals surface area contributed by atoms with E-state index in [1.54, 1.807) is 12.1 Å². The Balaban J connectivity index is 2.82. The zero-order chi connectivity index (χ0) is 12.3. The summed E-state index contributed by atoms with van der Waals surface area (Å²) in [6.07, 6.45) is 0.387. The SMILES string of the molecule is CN(CCC(N)=S)S(=O)(=O)c1ccc(Br)s1. The van der Waals surface area contributed by atoms with Crippen LogP contribution in [0.1, 0.15) is 6.42 Å². The standard InChI is InChI=1S/C8H11BrN2O2S3/c1-11(5-4-7(10)14)16(12,13)8-3-2-6(9)15-8/h2-3H,4-5H2,1H3,(H2,10,14). The number of thiophene rings is 1. The van der Waals surface area contributed by atoms with Crippen LogP contribution in [-0.4, -0.2) is 31.3 Å². The van der Waals surface area contributed by atoms with Crippen LogP contribution in [0.5, 0.6) is 0 Å². The Kier molecular flexibility index (Phi) is 4.87. The predicted octanol–water partition coefficient (Wildman–Crippen LogP) is 1.81. The van der Waals surface area contributed by atoms with Crippen LogP contribution in [0.25, 0.3) is 0 Å². The van der Waals surface area contributed by atoms with Crippen LogP contribution in [-0.2, 0) is 10.0 Å². The Morgan fingerprint density at radius 2 is 2.25 bits per heavy atom. The summed E-state index contributed by atoms with van der Waals surface area (Å²) in [5.74, 6) is 0. The lowest BCUT2D eigenvalue weighted by atomic mass is 10.4. The highest BCUT2D eigenvalue weighted by atomic mass is 79.9. The third-order valence-electron chi connectivity index (χ3n) is 1.89. The van der Waals surface area contributed by atoms with Crippen molar-refractivity contribution in [3.05, 3.63) is 15.9 Å². The molecule has 0 fully saturated rings. The molecule has 0 aliphatic heterocycles. The number of halogens is 1. The summed E-state index contributed by atoms with van der Waals surface area (Å²) in [6.45, 7) is 0.299. The molecule has 90 valence electrons. The van der Waals surface area contributed by atoms with Crippen molar-refractivity contribution in [3.63, 3.8) is 0 Å². The molecule has 0 radical (unpaired) electrons. The molecule has 1 heterocycles. The van der Waals surface area contributed by atoms with Crippen molar-refractivity contribution in [3.8, 4) is 0 Å². The van der Waals surface area contributed by atoms with E-state index in [1.807, 2.05) is 0 Å². The van der Waals surface area contributed by atoms with E-state index in [9.17, 15) is 8.42 Å². The lowest BCUT2D eigenvalue weighted by molar-refractivity contribution is 0.480. The number of rotatable bonds is 5. The maximum Gasteiger partial charge on any atom is 0.252 e. The number of nitrogens with zero attached hydrogens (tertiary/aromatic N) is 1.